The van der Waals surface area contributed by atoms with Crippen LogP contribution in [0.5, 0.6) is 0 Å². The van der Waals surface area contributed by atoms with Gasteiger partial charge in [-0.25, -0.2) is 15.0 Å². The second-order valence-electron chi connectivity index (χ2n) is 7.01. The number of carbonyl (C=O) groups is 1. The summed E-state index contributed by atoms with van der Waals surface area (Å²) in [6, 6.07) is 0. The number of hydrogen-bond acceptors (Lipinski definition) is 6. The van der Waals surface area contributed by atoms with Crippen molar-refractivity contribution in [2.24, 2.45) is 5.92 Å². The molecular weight excluding hydrogens is 360 g/mol. The van der Waals surface area contributed by atoms with Crippen LogP contribution in [0.4, 0.5) is 5.82 Å². The van der Waals surface area contributed by atoms with E-state index in [4.69, 9.17) is 0 Å². The highest BCUT2D eigenvalue weighted by molar-refractivity contribution is 7.18. The largest absolute Gasteiger partial charge is 0.356 e. The van der Waals surface area contributed by atoms with Gasteiger partial charge in [-0.15, -0.1) is 11.3 Å². The highest BCUT2D eigenvalue weighted by atomic mass is 32.1. The van der Waals surface area contributed by atoms with Crippen molar-refractivity contribution in [3.63, 3.8) is 0 Å². The molecule has 3 aromatic heterocycles. The number of fused-ring (bicyclic) bond motifs is 1. The first kappa shape index (κ1) is 17.9. The Morgan fingerprint density at radius 1 is 1.30 bits per heavy atom. The number of amides is 1. The Morgan fingerprint density at radius 3 is 2.85 bits per heavy atom. The summed E-state index contributed by atoms with van der Waals surface area (Å²) in [6.07, 6.45) is 8.78. The zero-order valence-electron chi connectivity index (χ0n) is 15.7. The molecule has 1 saturated heterocycles. The molecule has 0 aliphatic carbocycles. The molecule has 7 nitrogen and oxygen atoms in total. The first-order valence-corrected chi connectivity index (χ1v) is 10.1. The molecule has 4 rings (SSSR count). The summed E-state index contributed by atoms with van der Waals surface area (Å²) in [5, 5.41) is 4.23. The van der Waals surface area contributed by atoms with Crippen molar-refractivity contribution >= 4 is 33.3 Å². The van der Waals surface area contributed by atoms with Crippen LogP contribution in [-0.4, -0.2) is 45.1 Å². The molecule has 0 saturated carbocycles. The highest BCUT2D eigenvalue weighted by Crippen LogP contribution is 2.35. The molecule has 0 radical (unpaired) electrons. The topological polar surface area (TPSA) is 75.9 Å². The van der Waals surface area contributed by atoms with E-state index in [-0.39, 0.29) is 11.8 Å². The lowest BCUT2D eigenvalue weighted by Gasteiger charge is -2.32. The number of rotatable bonds is 5. The summed E-state index contributed by atoms with van der Waals surface area (Å²) in [5.74, 6) is 1.25. The van der Waals surface area contributed by atoms with Gasteiger partial charge in [0.05, 0.1) is 11.7 Å². The molecule has 0 unspecified atom stereocenters. The van der Waals surface area contributed by atoms with Crippen LogP contribution in [0.2, 0.25) is 0 Å². The number of nitrogens with one attached hydrogen (secondary N) is 1. The average Bonchev–Trinajstić information content (AvgIpc) is 3.30. The molecule has 3 aromatic rings. The Balaban J connectivity index is 1.36. The number of anilines is 1. The van der Waals surface area contributed by atoms with Crippen molar-refractivity contribution in [1.82, 2.24) is 24.8 Å². The summed E-state index contributed by atoms with van der Waals surface area (Å²) in [4.78, 5) is 30.1. The third-order valence-corrected chi connectivity index (χ3v) is 6.45. The molecule has 27 heavy (non-hydrogen) atoms. The number of imidazole rings is 1. The average molecular weight is 385 g/mol. The first-order chi connectivity index (χ1) is 13.1. The van der Waals surface area contributed by atoms with Gasteiger partial charge < -0.3 is 14.8 Å². The lowest BCUT2D eigenvalue weighted by atomic mass is 9.95. The summed E-state index contributed by atoms with van der Waals surface area (Å²) in [6.45, 7) is 7.35. The normalized spacial score (nSPS) is 15.4. The number of piperidine rings is 1. The van der Waals surface area contributed by atoms with E-state index in [1.807, 2.05) is 10.8 Å². The van der Waals surface area contributed by atoms with E-state index in [0.717, 1.165) is 43.1 Å². The maximum atomic E-state index is 12.5. The number of thiophene rings is 1. The quantitative estimate of drug-likeness (QED) is 0.732. The first-order valence-electron chi connectivity index (χ1n) is 9.32. The fraction of sp³-hybridized carbons (Fsp3) is 0.474. The molecular formula is C19H24N6OS. The third-order valence-electron chi connectivity index (χ3n) is 5.34. The van der Waals surface area contributed by atoms with Gasteiger partial charge in [-0.05, 0) is 32.3 Å². The van der Waals surface area contributed by atoms with Crippen LogP contribution in [0.1, 0.15) is 23.3 Å². The van der Waals surface area contributed by atoms with Crippen LogP contribution >= 0.6 is 11.3 Å². The lowest BCUT2D eigenvalue weighted by molar-refractivity contribution is -0.125. The standard InChI is InChI=1S/C19H24N6OS/c1-13-14(2)27-19-16(13)17(22-11-23-19)25-7-3-15(4-8-25)18(26)21-6-10-24-9-5-20-12-24/h5,9,11-12,15H,3-4,6-8,10H2,1-2H3,(H,21,26). The van der Waals surface area contributed by atoms with Gasteiger partial charge in [-0.3, -0.25) is 4.79 Å². The molecule has 1 amide bonds. The van der Waals surface area contributed by atoms with E-state index < -0.39 is 0 Å². The van der Waals surface area contributed by atoms with E-state index in [2.05, 4.69) is 39.0 Å². The van der Waals surface area contributed by atoms with Crippen LogP contribution in [0, 0.1) is 19.8 Å². The molecule has 142 valence electrons. The second-order valence-corrected chi connectivity index (χ2v) is 8.22. The Labute approximate surface area is 162 Å². The minimum absolute atomic E-state index is 0.0756. The van der Waals surface area contributed by atoms with Crippen LogP contribution < -0.4 is 10.2 Å². The van der Waals surface area contributed by atoms with Gasteiger partial charge >= 0.3 is 0 Å². The Hall–Kier alpha value is -2.48. The van der Waals surface area contributed by atoms with Crippen molar-refractivity contribution < 1.29 is 4.79 Å². The van der Waals surface area contributed by atoms with E-state index in [9.17, 15) is 4.79 Å². The zero-order valence-corrected chi connectivity index (χ0v) is 16.5. The third kappa shape index (κ3) is 3.66. The van der Waals surface area contributed by atoms with Gasteiger partial charge in [0, 0.05) is 49.4 Å². The Bertz CT molecular complexity index is 927. The molecule has 1 fully saturated rings. The number of nitrogens with zero attached hydrogens (tertiary/aromatic N) is 5. The summed E-state index contributed by atoms with van der Waals surface area (Å²) in [5.41, 5.74) is 1.27. The van der Waals surface area contributed by atoms with Crippen LogP contribution in [0.3, 0.4) is 0 Å². The molecule has 1 aliphatic heterocycles. The van der Waals surface area contributed by atoms with Crippen molar-refractivity contribution in [2.75, 3.05) is 24.5 Å². The van der Waals surface area contributed by atoms with E-state index >= 15 is 0 Å². The Kier molecular flexibility index (Phi) is 5.07. The van der Waals surface area contributed by atoms with Crippen molar-refractivity contribution in [3.05, 3.63) is 35.5 Å². The van der Waals surface area contributed by atoms with Gasteiger partial charge in [-0.2, -0.15) is 0 Å². The fourth-order valence-corrected chi connectivity index (χ4v) is 4.62. The number of aromatic nitrogens is 4. The predicted octanol–water partition coefficient (Wildman–Crippen LogP) is 2.54. The number of aryl methyl sites for hydroxylation is 2. The maximum Gasteiger partial charge on any atom is 0.223 e. The molecule has 1 N–H and O–H groups in total. The SMILES string of the molecule is Cc1sc2ncnc(N3CCC(C(=O)NCCn4ccnc4)CC3)c2c1C. The second kappa shape index (κ2) is 7.64. The molecule has 8 heteroatoms. The van der Waals surface area contributed by atoms with Crippen molar-refractivity contribution in [3.8, 4) is 0 Å². The van der Waals surface area contributed by atoms with Gasteiger partial charge in [0.25, 0.3) is 0 Å². The molecule has 0 atom stereocenters. The smallest absolute Gasteiger partial charge is 0.223 e. The number of carbonyl (C=O) groups excluding carboxylic acids is 1. The Morgan fingerprint density at radius 2 is 2.11 bits per heavy atom. The summed E-state index contributed by atoms with van der Waals surface area (Å²) >= 11 is 1.72. The maximum absolute atomic E-state index is 12.5. The molecule has 4 heterocycles. The van der Waals surface area contributed by atoms with Crippen LogP contribution in [0.15, 0.2) is 25.0 Å². The van der Waals surface area contributed by atoms with Gasteiger partial charge in [-0.1, -0.05) is 0 Å². The van der Waals surface area contributed by atoms with Crippen molar-refractivity contribution in [1.29, 1.82) is 0 Å². The van der Waals surface area contributed by atoms with E-state index in [1.165, 1.54) is 15.8 Å². The van der Waals surface area contributed by atoms with Gasteiger partial charge in [0.1, 0.15) is 17.0 Å². The fourth-order valence-electron chi connectivity index (χ4n) is 3.63. The molecule has 0 bridgehead atoms. The van der Waals surface area contributed by atoms with Gasteiger partial charge in [0.15, 0.2) is 0 Å². The highest BCUT2D eigenvalue weighted by Gasteiger charge is 2.27. The van der Waals surface area contributed by atoms with E-state index in [0.29, 0.717) is 6.54 Å². The van der Waals surface area contributed by atoms with Gasteiger partial charge in [0.2, 0.25) is 5.91 Å². The molecule has 0 spiro atoms. The van der Waals surface area contributed by atoms with Crippen LogP contribution in [0.25, 0.3) is 10.2 Å². The monoisotopic (exact) mass is 384 g/mol. The summed E-state index contributed by atoms with van der Waals surface area (Å²) in [7, 11) is 0. The lowest BCUT2D eigenvalue weighted by Crippen LogP contribution is -2.41. The minimum Gasteiger partial charge on any atom is -0.356 e. The minimum atomic E-state index is 0.0756. The molecule has 0 aromatic carbocycles. The number of hydrogen-bond donors (Lipinski definition) is 1. The van der Waals surface area contributed by atoms with E-state index in [1.54, 1.807) is 30.2 Å². The molecule has 1 aliphatic rings. The predicted molar refractivity (Wildman–Crippen MR) is 107 cm³/mol. The van der Waals surface area contributed by atoms with Crippen molar-refractivity contribution in [2.45, 2.75) is 33.2 Å². The zero-order chi connectivity index (χ0) is 18.8. The summed E-state index contributed by atoms with van der Waals surface area (Å²) < 4.78 is 1.97. The van der Waals surface area contributed by atoms with Crippen LogP contribution in [-0.2, 0) is 11.3 Å².